The topological polar surface area (TPSA) is 95.9 Å². The third-order valence-corrected chi connectivity index (χ3v) is 13.3. The van der Waals surface area contributed by atoms with Crippen molar-refractivity contribution in [1.82, 2.24) is 5.32 Å². The molecule has 0 fully saturated rings. The highest BCUT2D eigenvalue weighted by Crippen LogP contribution is 2.17. The molecule has 0 aromatic rings. The van der Waals surface area contributed by atoms with E-state index in [0.717, 1.165) is 44.9 Å². The van der Waals surface area contributed by atoms with Crippen LogP contribution < -0.4 is 5.32 Å². The summed E-state index contributed by atoms with van der Waals surface area (Å²) < 4.78 is 5.47. The Morgan fingerprint density at radius 3 is 1.13 bits per heavy atom. The van der Waals surface area contributed by atoms with Crippen LogP contribution in [-0.4, -0.2) is 47.4 Å². The fraction of sp³-hybridized carbons (Fsp3) is 0.930. The number of ether oxygens (including phenoxy) is 1. The van der Waals surface area contributed by atoms with Gasteiger partial charge in [0.2, 0.25) is 5.91 Å². The van der Waals surface area contributed by atoms with Crippen molar-refractivity contribution in [3.63, 3.8) is 0 Å². The van der Waals surface area contributed by atoms with E-state index in [4.69, 9.17) is 4.74 Å². The Kier molecular flexibility index (Phi) is 52.0. The van der Waals surface area contributed by atoms with Crippen LogP contribution in [0.2, 0.25) is 0 Å². The summed E-state index contributed by atoms with van der Waals surface area (Å²) in [4.78, 5) is 24.5. The zero-order valence-electron chi connectivity index (χ0n) is 42.6. The molecule has 0 heterocycles. The van der Waals surface area contributed by atoms with Crippen LogP contribution in [0, 0.1) is 0 Å². The van der Waals surface area contributed by atoms with E-state index in [1.165, 1.54) is 238 Å². The highest BCUT2D eigenvalue weighted by molar-refractivity contribution is 5.76. The van der Waals surface area contributed by atoms with Gasteiger partial charge in [0.25, 0.3) is 0 Å². The highest BCUT2D eigenvalue weighted by atomic mass is 16.5. The largest absolute Gasteiger partial charge is 0.466 e. The maximum absolute atomic E-state index is 12.4. The summed E-state index contributed by atoms with van der Waals surface area (Å²) in [5.41, 5.74) is 0. The van der Waals surface area contributed by atoms with Gasteiger partial charge in [-0.1, -0.05) is 264 Å². The molecule has 0 aliphatic rings. The number of aliphatic hydroxyl groups is 2. The fourth-order valence-electron chi connectivity index (χ4n) is 8.93. The van der Waals surface area contributed by atoms with Gasteiger partial charge in [0.05, 0.1) is 25.4 Å². The Morgan fingerprint density at radius 1 is 0.429 bits per heavy atom. The summed E-state index contributed by atoms with van der Waals surface area (Å²) in [5.74, 6) is -0.0359. The van der Waals surface area contributed by atoms with E-state index in [-0.39, 0.29) is 18.5 Å². The van der Waals surface area contributed by atoms with Gasteiger partial charge in [-0.15, -0.1) is 0 Å². The maximum atomic E-state index is 12.4. The van der Waals surface area contributed by atoms with E-state index in [9.17, 15) is 19.8 Å². The summed E-state index contributed by atoms with van der Waals surface area (Å²) in [7, 11) is 0. The second kappa shape index (κ2) is 53.2. The molecule has 0 aliphatic heterocycles. The lowest BCUT2D eigenvalue weighted by Gasteiger charge is -2.22. The van der Waals surface area contributed by atoms with Crippen molar-refractivity contribution >= 4 is 11.9 Å². The monoisotopic (exact) mass is 890 g/mol. The number of carbonyl (C=O) groups is 2. The standard InChI is InChI=1S/C57H111NO5/c1-3-5-7-9-11-13-15-17-23-27-31-35-39-43-47-51-57(62)63-52-48-44-40-36-32-28-25-22-20-18-19-21-24-26-30-34-38-42-46-50-56(61)58-54(53-59)55(60)49-45-41-37-33-29-16-14-12-10-8-6-4-2/h17,23,54-55,59-60H,3-16,18-22,24-53H2,1-2H3,(H,58,61)/b23-17-. The van der Waals surface area contributed by atoms with Crippen molar-refractivity contribution in [2.24, 2.45) is 0 Å². The smallest absolute Gasteiger partial charge is 0.305 e. The van der Waals surface area contributed by atoms with Gasteiger partial charge >= 0.3 is 5.97 Å². The van der Waals surface area contributed by atoms with Crippen molar-refractivity contribution in [3.8, 4) is 0 Å². The van der Waals surface area contributed by atoms with E-state index in [1.54, 1.807) is 0 Å². The number of amides is 1. The molecule has 63 heavy (non-hydrogen) atoms. The van der Waals surface area contributed by atoms with E-state index in [1.807, 2.05) is 0 Å². The van der Waals surface area contributed by atoms with Crippen molar-refractivity contribution in [1.29, 1.82) is 0 Å². The predicted octanol–water partition coefficient (Wildman–Crippen LogP) is 17.3. The molecule has 0 saturated carbocycles. The molecule has 2 atom stereocenters. The first-order chi connectivity index (χ1) is 31.0. The number of hydrogen-bond donors (Lipinski definition) is 3. The van der Waals surface area contributed by atoms with Crippen molar-refractivity contribution in [3.05, 3.63) is 12.2 Å². The number of unbranched alkanes of at least 4 members (excludes halogenated alkanes) is 40. The molecule has 0 aliphatic carbocycles. The Morgan fingerprint density at radius 2 is 0.746 bits per heavy atom. The molecule has 0 radical (unpaired) electrons. The molecule has 2 unspecified atom stereocenters. The van der Waals surface area contributed by atoms with Crippen LogP contribution in [0.5, 0.6) is 0 Å². The van der Waals surface area contributed by atoms with E-state index < -0.39 is 12.1 Å². The van der Waals surface area contributed by atoms with Gasteiger partial charge in [-0.05, 0) is 51.4 Å². The molecule has 0 rings (SSSR count). The number of rotatable bonds is 53. The molecule has 0 aromatic heterocycles. The summed E-state index contributed by atoms with van der Waals surface area (Å²) in [6.45, 7) is 4.94. The number of allylic oxidation sites excluding steroid dienone is 2. The van der Waals surface area contributed by atoms with Gasteiger partial charge in [0.1, 0.15) is 0 Å². The van der Waals surface area contributed by atoms with Gasteiger partial charge in [-0.25, -0.2) is 0 Å². The van der Waals surface area contributed by atoms with Gasteiger partial charge < -0.3 is 20.3 Å². The number of aliphatic hydroxyl groups excluding tert-OH is 2. The zero-order chi connectivity index (χ0) is 45.8. The molecule has 6 heteroatoms. The minimum Gasteiger partial charge on any atom is -0.466 e. The lowest BCUT2D eigenvalue weighted by atomic mass is 10.0. The second-order valence-corrected chi connectivity index (χ2v) is 19.6. The van der Waals surface area contributed by atoms with Crippen LogP contribution in [0.25, 0.3) is 0 Å². The normalized spacial score (nSPS) is 12.6. The van der Waals surface area contributed by atoms with Crippen molar-refractivity contribution < 1.29 is 24.5 Å². The van der Waals surface area contributed by atoms with Gasteiger partial charge in [0, 0.05) is 12.8 Å². The van der Waals surface area contributed by atoms with Crippen molar-refractivity contribution in [2.45, 2.75) is 328 Å². The molecule has 3 N–H and O–H groups in total. The molecule has 1 amide bonds. The molecule has 0 spiro atoms. The molecular formula is C57H111NO5. The van der Waals surface area contributed by atoms with Crippen LogP contribution in [0.15, 0.2) is 12.2 Å². The quantitative estimate of drug-likeness (QED) is 0.0321. The van der Waals surface area contributed by atoms with Gasteiger partial charge in [-0.3, -0.25) is 9.59 Å². The Hall–Kier alpha value is -1.40. The summed E-state index contributed by atoms with van der Waals surface area (Å²) in [5, 5.41) is 23.2. The second-order valence-electron chi connectivity index (χ2n) is 19.6. The molecule has 0 bridgehead atoms. The first-order valence-electron chi connectivity index (χ1n) is 28.4. The predicted molar refractivity (Wildman–Crippen MR) is 273 cm³/mol. The Labute approximate surface area is 393 Å². The minimum absolute atomic E-state index is 0.00150. The van der Waals surface area contributed by atoms with E-state index >= 15 is 0 Å². The number of nitrogens with one attached hydrogen (secondary N) is 1. The Bertz CT molecular complexity index is 939. The molecule has 0 aromatic carbocycles. The number of esters is 1. The van der Waals surface area contributed by atoms with Gasteiger partial charge in [0.15, 0.2) is 0 Å². The first-order valence-corrected chi connectivity index (χ1v) is 28.4. The molecular weight excluding hydrogens is 779 g/mol. The molecule has 6 nitrogen and oxygen atoms in total. The third kappa shape index (κ3) is 49.9. The Balaban J connectivity index is 3.38. The lowest BCUT2D eigenvalue weighted by Crippen LogP contribution is -2.45. The highest BCUT2D eigenvalue weighted by Gasteiger charge is 2.20. The van der Waals surface area contributed by atoms with Gasteiger partial charge in [-0.2, -0.15) is 0 Å². The molecule has 374 valence electrons. The van der Waals surface area contributed by atoms with E-state index in [0.29, 0.717) is 25.9 Å². The zero-order valence-corrected chi connectivity index (χ0v) is 42.6. The summed E-state index contributed by atoms with van der Waals surface area (Å²) >= 11 is 0. The van der Waals surface area contributed by atoms with Crippen LogP contribution in [0.1, 0.15) is 316 Å². The molecule has 0 saturated heterocycles. The minimum atomic E-state index is -0.664. The van der Waals surface area contributed by atoms with E-state index in [2.05, 4.69) is 31.3 Å². The lowest BCUT2D eigenvalue weighted by molar-refractivity contribution is -0.143. The van der Waals surface area contributed by atoms with Crippen molar-refractivity contribution in [2.75, 3.05) is 13.2 Å². The average molecular weight is 891 g/mol. The maximum Gasteiger partial charge on any atom is 0.305 e. The number of hydrogen-bond acceptors (Lipinski definition) is 5. The summed E-state index contributed by atoms with van der Waals surface area (Å²) in [6, 6.07) is -0.542. The number of carbonyl (C=O) groups excluding carboxylic acids is 2. The SMILES string of the molecule is CCCCCCCC/C=C\CCCCCCCC(=O)OCCCCCCCCCCCCCCCCCCCCCC(=O)NC(CO)C(O)CCCCCCCCCCCCCC. The van der Waals surface area contributed by atoms with Crippen LogP contribution in [0.3, 0.4) is 0 Å². The third-order valence-electron chi connectivity index (χ3n) is 13.3. The summed E-state index contributed by atoms with van der Waals surface area (Å²) in [6.07, 6.45) is 62.0. The van der Waals surface area contributed by atoms with Crippen LogP contribution in [-0.2, 0) is 14.3 Å². The first kappa shape index (κ1) is 61.6. The van der Waals surface area contributed by atoms with Crippen LogP contribution in [0.4, 0.5) is 0 Å². The average Bonchev–Trinajstić information content (AvgIpc) is 3.28. The van der Waals surface area contributed by atoms with Crippen LogP contribution >= 0.6 is 0 Å². The fourth-order valence-corrected chi connectivity index (χ4v) is 8.93.